The highest BCUT2D eigenvalue weighted by Crippen LogP contribution is 2.64. The fraction of sp³-hybridized carbons (Fsp3) is 0.382. The van der Waals surface area contributed by atoms with Crippen molar-refractivity contribution in [1.29, 1.82) is 0 Å². The SMILES string of the molecule is Cc1cc(O)ccc1C(=O)Oc1ccc(CSP2(=O)OC[C@H]3O[C@@H](n4cnc5c(N)ncnc54)[C@H](F)[C@@H]3OP(=O)(O)OC[C@H]3O[C@@H](N4C=CC(=O)NC4O)[C@H](O2)[C@@H]3F)cc1. The Kier molecular flexibility index (Phi) is 11.7. The molecule has 26 heteroatoms. The number of phenolic OH excluding ortho intramolecular Hbond substituents is 1. The van der Waals surface area contributed by atoms with E-state index in [9.17, 15) is 33.8 Å². The normalized spacial score (nSPS) is 33.4. The van der Waals surface area contributed by atoms with Crippen LogP contribution in [0.25, 0.3) is 11.2 Å². The number of aliphatic hydroxyl groups is 1. The first kappa shape index (κ1) is 42.1. The number of hydrogen-bond acceptors (Lipinski definition) is 19. The van der Waals surface area contributed by atoms with Crippen molar-refractivity contribution < 1.29 is 74.9 Å². The summed E-state index contributed by atoms with van der Waals surface area (Å²) in [5.41, 5.74) is 7.26. The molecule has 11 atom stereocenters. The Labute approximate surface area is 341 Å². The van der Waals surface area contributed by atoms with E-state index in [0.717, 1.165) is 34.4 Å². The predicted molar refractivity (Wildman–Crippen MR) is 202 cm³/mol. The van der Waals surface area contributed by atoms with Crippen LogP contribution in [0.3, 0.4) is 0 Å². The number of aromatic hydroxyl groups is 1. The molecule has 4 aliphatic heterocycles. The van der Waals surface area contributed by atoms with Crippen LogP contribution in [0.15, 0.2) is 67.4 Å². The molecular weight excluding hydrogens is 862 g/mol. The van der Waals surface area contributed by atoms with Crippen molar-refractivity contribution >= 4 is 54.9 Å². The van der Waals surface area contributed by atoms with E-state index < -0.39 is 95.3 Å². The lowest BCUT2D eigenvalue weighted by Crippen LogP contribution is -2.55. The second-order valence-corrected chi connectivity index (χ2v) is 19.1. The number of fused-ring (bicyclic) bond motifs is 4. The van der Waals surface area contributed by atoms with Gasteiger partial charge in [0, 0.05) is 18.0 Å². The number of halogens is 2. The molecule has 2 aromatic carbocycles. The van der Waals surface area contributed by atoms with Crippen LogP contribution in [-0.4, -0.2) is 114 Å². The van der Waals surface area contributed by atoms with Crippen molar-refractivity contribution in [3.05, 3.63) is 84.1 Å². The van der Waals surface area contributed by atoms with Crippen LogP contribution in [-0.2, 0) is 47.2 Å². The van der Waals surface area contributed by atoms with Gasteiger partial charge in [0.2, 0.25) is 12.3 Å². The van der Waals surface area contributed by atoms with Crippen LogP contribution in [0, 0.1) is 6.92 Å². The fourth-order valence-corrected chi connectivity index (χ4v) is 11.0. The van der Waals surface area contributed by atoms with Crippen molar-refractivity contribution in [2.45, 2.75) is 68.2 Å². The first-order valence-electron chi connectivity index (χ1n) is 17.9. The number of nitrogens with zero attached hydrogens (tertiary/aromatic N) is 5. The molecule has 0 aliphatic carbocycles. The van der Waals surface area contributed by atoms with Gasteiger partial charge in [-0.3, -0.25) is 27.5 Å². The quantitative estimate of drug-likeness (QED) is 0.101. The number of aliphatic hydroxyl groups excluding tert-OH is 1. The lowest BCUT2D eigenvalue weighted by atomic mass is 10.1. The maximum absolute atomic E-state index is 16.4. The summed E-state index contributed by atoms with van der Waals surface area (Å²) in [7, 11) is -5.25. The zero-order valence-electron chi connectivity index (χ0n) is 30.9. The third-order valence-electron chi connectivity index (χ3n) is 9.70. The number of hydrogen-bond donors (Lipinski definition) is 5. The summed E-state index contributed by atoms with van der Waals surface area (Å²) in [5, 5.41) is 22.5. The average molecular weight is 898 g/mol. The Morgan fingerprint density at radius 1 is 1.02 bits per heavy atom. The predicted octanol–water partition coefficient (Wildman–Crippen LogP) is 3.12. The van der Waals surface area contributed by atoms with E-state index >= 15 is 8.78 Å². The smallest absolute Gasteiger partial charge is 0.472 e. The molecule has 0 saturated carbocycles. The molecule has 2 bridgehead atoms. The Morgan fingerprint density at radius 3 is 2.52 bits per heavy atom. The number of imidazole rings is 1. The number of phosphoric acid groups is 1. The van der Waals surface area contributed by atoms with E-state index in [-0.39, 0.29) is 39.8 Å². The van der Waals surface area contributed by atoms with Gasteiger partial charge < -0.3 is 45.3 Å². The first-order valence-corrected chi connectivity index (χ1v) is 22.5. The molecule has 3 saturated heterocycles. The van der Waals surface area contributed by atoms with E-state index in [2.05, 4.69) is 20.3 Å². The Hall–Kier alpha value is -4.58. The third-order valence-corrected chi connectivity index (χ3v) is 14.3. The molecule has 3 unspecified atom stereocenters. The molecule has 8 rings (SSSR count). The zero-order valence-corrected chi connectivity index (χ0v) is 33.5. The number of rotatable bonds is 7. The Balaban J connectivity index is 1.07. The van der Waals surface area contributed by atoms with Crippen molar-refractivity contribution in [2.24, 2.45) is 0 Å². The Bertz CT molecular complexity index is 2420. The van der Waals surface area contributed by atoms with Gasteiger partial charge in [-0.05, 0) is 59.8 Å². The van der Waals surface area contributed by atoms with Gasteiger partial charge in [-0.2, -0.15) is 0 Å². The molecule has 320 valence electrons. The molecule has 60 heavy (non-hydrogen) atoms. The van der Waals surface area contributed by atoms with E-state index in [0.29, 0.717) is 22.5 Å². The van der Waals surface area contributed by atoms with Gasteiger partial charge in [-0.15, -0.1) is 0 Å². The number of amides is 1. The number of ether oxygens (including phenoxy) is 3. The van der Waals surface area contributed by atoms with Gasteiger partial charge in [0.25, 0.3) is 0 Å². The number of phenols is 1. The van der Waals surface area contributed by atoms with E-state index in [1.54, 1.807) is 19.1 Å². The minimum absolute atomic E-state index is 0.0171. The lowest BCUT2D eigenvalue weighted by molar-refractivity contribution is -0.151. The van der Waals surface area contributed by atoms with Gasteiger partial charge in [-0.25, -0.2) is 37.7 Å². The van der Waals surface area contributed by atoms with E-state index in [4.69, 9.17) is 38.0 Å². The summed E-state index contributed by atoms with van der Waals surface area (Å²) < 4.78 is 101. The van der Waals surface area contributed by atoms with Crippen LogP contribution in [0.5, 0.6) is 11.5 Å². The van der Waals surface area contributed by atoms with E-state index in [1.165, 1.54) is 30.3 Å². The number of carbonyl (C=O) groups is 2. The van der Waals surface area contributed by atoms with Crippen molar-refractivity contribution in [1.82, 2.24) is 29.7 Å². The highest BCUT2D eigenvalue weighted by molar-refractivity contribution is 8.54. The number of alkyl halides is 2. The van der Waals surface area contributed by atoms with Gasteiger partial charge in [0.15, 0.2) is 36.3 Å². The highest BCUT2D eigenvalue weighted by Gasteiger charge is 2.56. The van der Waals surface area contributed by atoms with Crippen molar-refractivity contribution in [3.63, 3.8) is 0 Å². The molecular formula is C34H35F2N7O14P2S. The summed E-state index contributed by atoms with van der Waals surface area (Å²) in [6, 6.07) is 10.2. The van der Waals surface area contributed by atoms with E-state index in [1.807, 2.05) is 0 Å². The second-order valence-electron chi connectivity index (χ2n) is 13.7. The molecule has 4 aliphatic rings. The standard InChI is InChI=1S/C34H35F2N7O14P2S/c1-16-10-18(44)4-7-20(16)33(46)53-19-5-2-17(3-6-19)13-60-59(50)52-12-22-27(25(36)31(55-22)43-15-40-26-29(37)38-14-39-30(26)43)56-58(48,49)51-11-21-24(35)28(57-59)32(54-21)42-9-8-23(45)41-34(42)47/h2-10,14-15,21-22,24-25,27-28,31-32,34,44,47H,11-13H2,1H3,(H,41,45)(H,48,49)(H2,37,38,39)/t21-,22-,24-,25-,27-,28-,31-,32-,34?,59?/m1/s1. The minimum atomic E-state index is -5.25. The topological polar surface area (TPSA) is 278 Å². The Morgan fingerprint density at radius 2 is 1.77 bits per heavy atom. The number of anilines is 1. The number of phosphoric ester groups is 1. The number of nitrogens with two attached hydrogens (primary N) is 1. The number of esters is 1. The van der Waals surface area contributed by atoms with Gasteiger partial charge in [0.1, 0.15) is 47.8 Å². The summed E-state index contributed by atoms with van der Waals surface area (Å²) >= 11 is 0.572. The second kappa shape index (κ2) is 16.7. The van der Waals surface area contributed by atoms with Crippen LogP contribution in [0.1, 0.15) is 27.7 Å². The summed E-state index contributed by atoms with van der Waals surface area (Å²) in [6.07, 6.45) is -12.3. The molecule has 3 fully saturated rings. The molecule has 2 aromatic heterocycles. The minimum Gasteiger partial charge on any atom is -0.508 e. The number of aromatic nitrogens is 4. The average Bonchev–Trinajstić information content (AvgIpc) is 3.86. The van der Waals surface area contributed by atoms with Crippen molar-refractivity contribution in [2.75, 3.05) is 18.9 Å². The number of benzene rings is 2. The molecule has 0 spiro atoms. The summed E-state index contributed by atoms with van der Waals surface area (Å²) in [5.74, 6) is -1.39. The summed E-state index contributed by atoms with van der Waals surface area (Å²) in [6.45, 7) is -4.85. The van der Waals surface area contributed by atoms with Gasteiger partial charge in [0.05, 0.1) is 25.1 Å². The number of aryl methyl sites for hydroxylation is 1. The maximum Gasteiger partial charge on any atom is 0.472 e. The molecule has 21 nitrogen and oxygen atoms in total. The molecule has 0 radical (unpaired) electrons. The largest absolute Gasteiger partial charge is 0.508 e. The molecule has 1 amide bonds. The van der Waals surface area contributed by atoms with Crippen LogP contribution in [0.2, 0.25) is 0 Å². The number of carbonyl (C=O) groups excluding carboxylic acids is 2. The van der Waals surface area contributed by atoms with Gasteiger partial charge in [-0.1, -0.05) is 12.1 Å². The molecule has 6 heterocycles. The highest BCUT2D eigenvalue weighted by atomic mass is 32.7. The van der Waals surface area contributed by atoms with Crippen molar-refractivity contribution in [3.8, 4) is 11.5 Å². The van der Waals surface area contributed by atoms with Crippen LogP contribution >= 0.6 is 26.0 Å². The maximum atomic E-state index is 16.4. The monoisotopic (exact) mass is 897 g/mol. The fourth-order valence-electron chi connectivity index (χ4n) is 6.74. The van der Waals surface area contributed by atoms with Gasteiger partial charge >= 0.3 is 20.6 Å². The molecule has 4 aromatic rings. The number of nitrogen functional groups attached to an aromatic ring is 1. The summed E-state index contributed by atoms with van der Waals surface area (Å²) in [4.78, 5) is 48.5. The lowest BCUT2D eigenvalue weighted by Gasteiger charge is -2.37. The third kappa shape index (κ3) is 8.63. The number of nitrogens with one attached hydrogen (secondary N) is 1. The first-order chi connectivity index (χ1) is 28.6. The zero-order chi connectivity index (χ0) is 42.5. The molecule has 6 N–H and O–H groups in total. The van der Waals surface area contributed by atoms with Crippen LogP contribution < -0.4 is 15.8 Å². The van der Waals surface area contributed by atoms with Crippen LogP contribution in [0.4, 0.5) is 14.6 Å².